The number of nitrogens with zero attached hydrogens (tertiary/aromatic N) is 2. The molecule has 2 rings (SSSR count). The number of nitrogen functional groups attached to an aromatic ring is 1. The van der Waals surface area contributed by atoms with E-state index in [1.807, 2.05) is 0 Å². The fourth-order valence-corrected chi connectivity index (χ4v) is 1.73. The van der Waals surface area contributed by atoms with Crippen LogP contribution in [0.25, 0.3) is 0 Å². The summed E-state index contributed by atoms with van der Waals surface area (Å²) in [5, 5.41) is 35.6. The standard InChI is InChI=1S/C9H13N3O5.CH4N2O2/c10-5-1-2-12(9(16)11-5)8-7(15)6(14)4(3-13)17-8;2-1(4)3-5/h1-2,4,6-8,13-15H,3H2,(H2,10,11,16);5H,(H3,2,3,4)/t4-,6-,7+,8-;/m1./s1. The van der Waals surface area contributed by atoms with E-state index in [-0.39, 0.29) is 5.82 Å². The lowest BCUT2D eigenvalue weighted by Crippen LogP contribution is -2.36. The van der Waals surface area contributed by atoms with Crippen molar-refractivity contribution in [2.24, 2.45) is 5.73 Å². The summed E-state index contributed by atoms with van der Waals surface area (Å²) in [4.78, 5) is 24.2. The number of carbonyl (C=O) groups excluding carboxylic acids is 1. The van der Waals surface area contributed by atoms with Gasteiger partial charge in [-0.1, -0.05) is 0 Å². The highest BCUT2D eigenvalue weighted by molar-refractivity contribution is 5.69. The number of aliphatic hydroxyl groups is 3. The van der Waals surface area contributed by atoms with Crippen molar-refractivity contribution >= 4 is 11.8 Å². The summed E-state index contributed by atoms with van der Waals surface area (Å²) >= 11 is 0. The Balaban J connectivity index is 0.000000422. The molecule has 2 heterocycles. The van der Waals surface area contributed by atoms with Gasteiger partial charge in [-0.15, -0.1) is 0 Å². The molecule has 1 aliphatic heterocycles. The molecule has 124 valence electrons. The van der Waals surface area contributed by atoms with Gasteiger partial charge in [0.2, 0.25) is 0 Å². The second kappa shape index (κ2) is 7.67. The van der Waals surface area contributed by atoms with E-state index in [1.54, 1.807) is 0 Å². The van der Waals surface area contributed by atoms with Crippen LogP contribution in [0, 0.1) is 0 Å². The summed E-state index contributed by atoms with van der Waals surface area (Å²) in [6.45, 7) is -0.453. The van der Waals surface area contributed by atoms with Crippen molar-refractivity contribution in [1.29, 1.82) is 0 Å². The number of aromatic nitrogens is 2. The first-order valence-corrected chi connectivity index (χ1v) is 5.98. The van der Waals surface area contributed by atoms with Crippen molar-refractivity contribution in [2.75, 3.05) is 12.3 Å². The van der Waals surface area contributed by atoms with Crippen molar-refractivity contribution < 1.29 is 30.1 Å². The molecule has 0 aromatic carbocycles. The zero-order valence-electron chi connectivity index (χ0n) is 11.2. The molecule has 1 saturated heterocycles. The summed E-state index contributed by atoms with van der Waals surface area (Å²) in [6.07, 6.45) is -3.27. The van der Waals surface area contributed by atoms with Crippen molar-refractivity contribution in [3.63, 3.8) is 0 Å². The number of urea groups is 1. The van der Waals surface area contributed by atoms with Gasteiger partial charge in [0.15, 0.2) is 6.23 Å². The van der Waals surface area contributed by atoms with Crippen LogP contribution in [0.1, 0.15) is 6.23 Å². The first kappa shape index (κ1) is 17.8. The maximum atomic E-state index is 11.5. The number of hydroxylamine groups is 1. The van der Waals surface area contributed by atoms with Gasteiger partial charge in [0.1, 0.15) is 24.1 Å². The minimum absolute atomic E-state index is 0.0537. The van der Waals surface area contributed by atoms with Gasteiger partial charge in [-0.3, -0.25) is 9.77 Å². The molecule has 1 aromatic rings. The van der Waals surface area contributed by atoms with Crippen LogP contribution < -0.4 is 22.6 Å². The number of hydrogen-bond acceptors (Lipinski definition) is 9. The molecule has 12 nitrogen and oxygen atoms in total. The van der Waals surface area contributed by atoms with Crippen molar-refractivity contribution in [2.45, 2.75) is 24.5 Å². The molecule has 0 aliphatic carbocycles. The molecule has 2 amide bonds. The van der Waals surface area contributed by atoms with E-state index in [9.17, 15) is 19.8 Å². The van der Waals surface area contributed by atoms with Gasteiger partial charge in [0, 0.05) is 6.20 Å². The van der Waals surface area contributed by atoms with E-state index in [1.165, 1.54) is 17.7 Å². The van der Waals surface area contributed by atoms with E-state index in [2.05, 4.69) is 10.7 Å². The van der Waals surface area contributed by atoms with Gasteiger partial charge in [-0.05, 0) is 6.07 Å². The van der Waals surface area contributed by atoms with Gasteiger partial charge in [-0.25, -0.2) is 15.1 Å². The monoisotopic (exact) mass is 319 g/mol. The molecule has 0 bridgehead atoms. The third kappa shape index (κ3) is 4.12. The average molecular weight is 319 g/mol. The summed E-state index contributed by atoms with van der Waals surface area (Å²) in [6, 6.07) is 0.431. The fraction of sp³-hybridized carbons (Fsp3) is 0.500. The number of nitrogens with one attached hydrogen (secondary N) is 1. The number of amides is 2. The van der Waals surface area contributed by atoms with Crippen molar-refractivity contribution in [3.05, 3.63) is 22.7 Å². The van der Waals surface area contributed by atoms with Crippen LogP contribution in [0.15, 0.2) is 17.1 Å². The van der Waals surface area contributed by atoms with E-state index in [0.717, 1.165) is 4.57 Å². The zero-order valence-corrected chi connectivity index (χ0v) is 11.2. The molecule has 4 atom stereocenters. The highest BCUT2D eigenvalue weighted by atomic mass is 16.6. The van der Waals surface area contributed by atoms with Crippen LogP contribution >= 0.6 is 0 Å². The van der Waals surface area contributed by atoms with Crippen LogP contribution in [0.2, 0.25) is 0 Å². The highest BCUT2D eigenvalue weighted by Crippen LogP contribution is 2.27. The zero-order chi connectivity index (χ0) is 16.9. The summed E-state index contributed by atoms with van der Waals surface area (Å²) in [5.41, 5.74) is 10.1. The van der Waals surface area contributed by atoms with Gasteiger partial charge < -0.3 is 31.5 Å². The third-order valence-corrected chi connectivity index (χ3v) is 2.75. The molecule has 0 spiro atoms. The fourth-order valence-electron chi connectivity index (χ4n) is 1.73. The molecular weight excluding hydrogens is 302 g/mol. The topological polar surface area (TPSA) is 206 Å². The molecule has 0 radical (unpaired) electrons. The third-order valence-electron chi connectivity index (χ3n) is 2.75. The molecule has 0 saturated carbocycles. The quantitative estimate of drug-likeness (QED) is 0.213. The molecule has 1 aliphatic rings. The number of aliphatic hydroxyl groups excluding tert-OH is 3. The molecule has 9 N–H and O–H groups in total. The second-order valence-corrected chi connectivity index (χ2v) is 4.25. The highest BCUT2D eigenvalue weighted by Gasteiger charge is 2.43. The molecule has 22 heavy (non-hydrogen) atoms. The summed E-state index contributed by atoms with van der Waals surface area (Å²) in [7, 11) is 0. The Bertz CT molecular complexity index is 565. The Morgan fingerprint density at radius 1 is 1.45 bits per heavy atom. The number of hydrogen-bond donors (Lipinski definition) is 7. The second-order valence-electron chi connectivity index (χ2n) is 4.25. The smallest absolute Gasteiger partial charge is 0.351 e. The first-order chi connectivity index (χ1) is 10.3. The predicted molar refractivity (Wildman–Crippen MR) is 70.4 cm³/mol. The minimum atomic E-state index is -1.31. The van der Waals surface area contributed by atoms with Crippen LogP contribution in [-0.2, 0) is 4.74 Å². The Morgan fingerprint density at radius 3 is 2.45 bits per heavy atom. The number of anilines is 1. The maximum absolute atomic E-state index is 11.5. The number of nitrogens with two attached hydrogens (primary N) is 2. The minimum Gasteiger partial charge on any atom is -0.394 e. The number of primary amides is 1. The van der Waals surface area contributed by atoms with Crippen LogP contribution in [0.5, 0.6) is 0 Å². The van der Waals surface area contributed by atoms with E-state index in [4.69, 9.17) is 20.8 Å². The van der Waals surface area contributed by atoms with E-state index in [0.29, 0.717) is 0 Å². The largest absolute Gasteiger partial charge is 0.394 e. The van der Waals surface area contributed by atoms with Crippen LogP contribution in [-0.4, -0.2) is 61.0 Å². The van der Waals surface area contributed by atoms with E-state index < -0.39 is 42.9 Å². The molecule has 1 aromatic heterocycles. The lowest BCUT2D eigenvalue weighted by atomic mass is 10.1. The molecule has 12 heteroatoms. The van der Waals surface area contributed by atoms with Gasteiger partial charge in [0.05, 0.1) is 6.61 Å². The van der Waals surface area contributed by atoms with Crippen molar-refractivity contribution in [3.8, 4) is 0 Å². The van der Waals surface area contributed by atoms with Gasteiger partial charge >= 0.3 is 11.7 Å². The SMILES string of the molecule is NC(=O)NO.Nc1ccn([C@@H]2O[C@H](CO)[C@@H](O)[C@@H]2O)c(=O)n1. The van der Waals surface area contributed by atoms with E-state index >= 15 is 0 Å². The lowest BCUT2D eigenvalue weighted by Gasteiger charge is -2.16. The molecular formula is C10H17N5O7. The Morgan fingerprint density at radius 2 is 2.05 bits per heavy atom. The molecule has 0 unspecified atom stereocenters. The predicted octanol–water partition coefficient (Wildman–Crippen LogP) is -3.52. The number of carbonyl (C=O) groups is 1. The van der Waals surface area contributed by atoms with Crippen molar-refractivity contribution in [1.82, 2.24) is 15.0 Å². The Hall–Kier alpha value is -2.25. The summed E-state index contributed by atoms with van der Waals surface area (Å²) in [5.74, 6) is 0.0537. The summed E-state index contributed by atoms with van der Waals surface area (Å²) < 4.78 is 6.19. The number of rotatable bonds is 2. The number of ether oxygens (including phenoxy) is 1. The van der Waals surface area contributed by atoms with Crippen LogP contribution in [0.3, 0.4) is 0 Å². The Labute approximate surface area is 123 Å². The van der Waals surface area contributed by atoms with Gasteiger partial charge in [0.25, 0.3) is 0 Å². The normalized spacial score (nSPS) is 26.9. The maximum Gasteiger partial charge on any atom is 0.351 e. The van der Waals surface area contributed by atoms with Gasteiger partial charge in [-0.2, -0.15) is 4.98 Å². The molecule has 1 fully saturated rings. The van der Waals surface area contributed by atoms with Crippen LogP contribution in [0.4, 0.5) is 10.6 Å². The first-order valence-electron chi connectivity index (χ1n) is 5.98. The lowest BCUT2D eigenvalue weighted by molar-refractivity contribution is -0.0549. The average Bonchev–Trinajstić information content (AvgIpc) is 2.76. The Kier molecular flexibility index (Phi) is 6.21.